The molecule has 1 aromatic carbocycles. The summed E-state index contributed by atoms with van der Waals surface area (Å²) in [4.78, 5) is 28.7. The molecule has 1 saturated heterocycles. The van der Waals surface area contributed by atoms with E-state index < -0.39 is 0 Å². The fraction of sp³-hybridized carbons (Fsp3) is 0.579. The molecule has 2 amide bonds. The molecule has 1 saturated carbocycles. The number of anilines is 1. The Labute approximate surface area is 143 Å². The Morgan fingerprint density at radius 3 is 2.33 bits per heavy atom. The van der Waals surface area contributed by atoms with E-state index in [1.165, 1.54) is 25.7 Å². The Balaban J connectivity index is 1.53. The van der Waals surface area contributed by atoms with Crippen molar-refractivity contribution in [3.8, 4) is 0 Å². The van der Waals surface area contributed by atoms with Gasteiger partial charge >= 0.3 is 0 Å². The van der Waals surface area contributed by atoms with Crippen LogP contribution >= 0.6 is 0 Å². The summed E-state index contributed by atoms with van der Waals surface area (Å²) < 4.78 is 0. The standard InChI is InChI=1S/C19H27N3O2/c1-14-6-7-16(13-17(14)20)19(24)22-10-8-21(9-11-22)18(23)12-15-4-2-3-5-15/h6-7,13,15H,2-5,8-12,20H2,1H3. The molecule has 0 aromatic heterocycles. The lowest BCUT2D eigenvalue weighted by atomic mass is 10.0. The number of carbonyl (C=O) groups is 2. The molecule has 1 aliphatic heterocycles. The number of carbonyl (C=O) groups excluding carboxylic acids is 2. The van der Waals surface area contributed by atoms with Gasteiger partial charge in [-0.25, -0.2) is 0 Å². The fourth-order valence-electron chi connectivity index (χ4n) is 3.71. The van der Waals surface area contributed by atoms with E-state index in [-0.39, 0.29) is 11.8 Å². The number of piperazine rings is 1. The van der Waals surface area contributed by atoms with Crippen LogP contribution in [0.15, 0.2) is 18.2 Å². The first-order chi connectivity index (χ1) is 11.5. The number of hydrogen-bond acceptors (Lipinski definition) is 3. The Kier molecular flexibility index (Phi) is 5.07. The number of amides is 2. The van der Waals surface area contributed by atoms with Crippen LogP contribution in [-0.2, 0) is 4.79 Å². The number of benzene rings is 1. The van der Waals surface area contributed by atoms with Gasteiger partial charge in [0.2, 0.25) is 5.91 Å². The normalized spacial score (nSPS) is 18.9. The van der Waals surface area contributed by atoms with Crippen LogP contribution in [0, 0.1) is 12.8 Å². The third-order valence-electron chi connectivity index (χ3n) is 5.38. The van der Waals surface area contributed by atoms with Gasteiger partial charge < -0.3 is 15.5 Å². The third-order valence-corrected chi connectivity index (χ3v) is 5.38. The highest BCUT2D eigenvalue weighted by Crippen LogP contribution is 2.28. The zero-order chi connectivity index (χ0) is 17.1. The molecule has 0 spiro atoms. The van der Waals surface area contributed by atoms with E-state index in [4.69, 9.17) is 5.73 Å². The van der Waals surface area contributed by atoms with Crippen molar-refractivity contribution in [3.63, 3.8) is 0 Å². The predicted octanol–water partition coefficient (Wildman–Crippen LogP) is 2.44. The summed E-state index contributed by atoms with van der Waals surface area (Å²) in [5.74, 6) is 0.839. The van der Waals surface area contributed by atoms with E-state index in [1.807, 2.05) is 28.9 Å². The van der Waals surface area contributed by atoms with Gasteiger partial charge in [-0.05, 0) is 43.4 Å². The second kappa shape index (κ2) is 7.24. The number of nitrogens with zero attached hydrogens (tertiary/aromatic N) is 2. The lowest BCUT2D eigenvalue weighted by Crippen LogP contribution is -2.50. The van der Waals surface area contributed by atoms with Crippen LogP contribution in [-0.4, -0.2) is 47.8 Å². The molecular weight excluding hydrogens is 302 g/mol. The van der Waals surface area contributed by atoms with E-state index in [1.54, 1.807) is 6.07 Å². The Morgan fingerprint density at radius 2 is 1.71 bits per heavy atom. The molecule has 2 fully saturated rings. The molecule has 2 aliphatic rings. The second-order valence-electron chi connectivity index (χ2n) is 7.10. The van der Waals surface area contributed by atoms with Crippen LogP contribution in [0.1, 0.15) is 48.0 Å². The summed E-state index contributed by atoms with van der Waals surface area (Å²) in [5.41, 5.74) is 8.16. The molecule has 1 heterocycles. The highest BCUT2D eigenvalue weighted by atomic mass is 16.2. The van der Waals surface area contributed by atoms with Gasteiger partial charge in [-0.2, -0.15) is 0 Å². The minimum Gasteiger partial charge on any atom is -0.398 e. The van der Waals surface area contributed by atoms with Crippen LogP contribution < -0.4 is 5.73 Å². The number of hydrogen-bond donors (Lipinski definition) is 1. The van der Waals surface area contributed by atoms with Crippen LogP contribution in [0.5, 0.6) is 0 Å². The zero-order valence-electron chi connectivity index (χ0n) is 14.5. The average Bonchev–Trinajstić information content (AvgIpc) is 3.10. The SMILES string of the molecule is Cc1ccc(C(=O)N2CCN(C(=O)CC3CCCC3)CC2)cc1N. The maximum Gasteiger partial charge on any atom is 0.254 e. The van der Waals surface area contributed by atoms with Crippen molar-refractivity contribution in [3.05, 3.63) is 29.3 Å². The molecule has 24 heavy (non-hydrogen) atoms. The molecule has 0 atom stereocenters. The first-order valence-corrected chi connectivity index (χ1v) is 8.98. The van der Waals surface area contributed by atoms with Crippen LogP contribution in [0.4, 0.5) is 5.69 Å². The molecule has 5 heteroatoms. The molecule has 1 aromatic rings. The van der Waals surface area contributed by atoms with Crippen molar-refractivity contribution in [2.24, 2.45) is 5.92 Å². The largest absolute Gasteiger partial charge is 0.398 e. The maximum atomic E-state index is 12.6. The fourth-order valence-corrected chi connectivity index (χ4v) is 3.71. The summed E-state index contributed by atoms with van der Waals surface area (Å²) in [6.07, 6.45) is 5.60. The lowest BCUT2D eigenvalue weighted by molar-refractivity contribution is -0.133. The van der Waals surface area contributed by atoms with Crippen molar-refractivity contribution in [2.75, 3.05) is 31.9 Å². The quantitative estimate of drug-likeness (QED) is 0.866. The number of aryl methyl sites for hydroxylation is 1. The summed E-state index contributed by atoms with van der Waals surface area (Å²) in [6, 6.07) is 5.45. The molecule has 130 valence electrons. The topological polar surface area (TPSA) is 66.6 Å². The Hall–Kier alpha value is -2.04. The maximum absolute atomic E-state index is 12.6. The lowest BCUT2D eigenvalue weighted by Gasteiger charge is -2.35. The molecule has 0 radical (unpaired) electrons. The van der Waals surface area contributed by atoms with Gasteiger partial charge in [0.05, 0.1) is 0 Å². The smallest absolute Gasteiger partial charge is 0.254 e. The van der Waals surface area contributed by atoms with Crippen molar-refractivity contribution < 1.29 is 9.59 Å². The van der Waals surface area contributed by atoms with Gasteiger partial charge in [-0.15, -0.1) is 0 Å². The van der Waals surface area contributed by atoms with Gasteiger partial charge in [0.15, 0.2) is 0 Å². The minimum atomic E-state index is 0.00425. The van der Waals surface area contributed by atoms with Gasteiger partial charge in [-0.3, -0.25) is 9.59 Å². The molecule has 5 nitrogen and oxygen atoms in total. The third kappa shape index (κ3) is 3.71. The van der Waals surface area contributed by atoms with Crippen molar-refractivity contribution in [1.29, 1.82) is 0 Å². The summed E-state index contributed by atoms with van der Waals surface area (Å²) in [5, 5.41) is 0. The van der Waals surface area contributed by atoms with E-state index in [2.05, 4.69) is 0 Å². The Morgan fingerprint density at radius 1 is 1.08 bits per heavy atom. The highest BCUT2D eigenvalue weighted by molar-refractivity contribution is 5.95. The van der Waals surface area contributed by atoms with Gasteiger partial charge in [0.1, 0.15) is 0 Å². The number of nitrogen functional groups attached to an aromatic ring is 1. The van der Waals surface area contributed by atoms with Gasteiger partial charge in [0, 0.05) is 43.9 Å². The number of nitrogens with two attached hydrogens (primary N) is 1. The van der Waals surface area contributed by atoms with E-state index in [0.717, 1.165) is 5.56 Å². The van der Waals surface area contributed by atoms with E-state index in [0.29, 0.717) is 49.8 Å². The first-order valence-electron chi connectivity index (χ1n) is 8.98. The van der Waals surface area contributed by atoms with Crippen molar-refractivity contribution >= 4 is 17.5 Å². The predicted molar refractivity (Wildman–Crippen MR) is 94.6 cm³/mol. The molecule has 0 bridgehead atoms. The average molecular weight is 329 g/mol. The van der Waals surface area contributed by atoms with Gasteiger partial charge in [0.25, 0.3) is 5.91 Å². The molecule has 1 aliphatic carbocycles. The summed E-state index contributed by atoms with van der Waals surface area (Å²) in [7, 11) is 0. The summed E-state index contributed by atoms with van der Waals surface area (Å²) in [6.45, 7) is 4.40. The first kappa shape index (κ1) is 16.8. The van der Waals surface area contributed by atoms with Gasteiger partial charge in [-0.1, -0.05) is 18.9 Å². The van der Waals surface area contributed by atoms with Crippen LogP contribution in [0.2, 0.25) is 0 Å². The minimum absolute atomic E-state index is 0.00425. The molecule has 3 rings (SSSR count). The van der Waals surface area contributed by atoms with E-state index in [9.17, 15) is 9.59 Å². The van der Waals surface area contributed by atoms with Crippen LogP contribution in [0.25, 0.3) is 0 Å². The number of rotatable bonds is 3. The summed E-state index contributed by atoms with van der Waals surface area (Å²) >= 11 is 0. The second-order valence-corrected chi connectivity index (χ2v) is 7.10. The Bertz CT molecular complexity index is 615. The molecule has 2 N–H and O–H groups in total. The van der Waals surface area contributed by atoms with Crippen molar-refractivity contribution in [1.82, 2.24) is 9.80 Å². The monoisotopic (exact) mass is 329 g/mol. The van der Waals surface area contributed by atoms with Crippen LogP contribution in [0.3, 0.4) is 0 Å². The zero-order valence-corrected chi connectivity index (χ0v) is 14.5. The molecular formula is C19H27N3O2. The van der Waals surface area contributed by atoms with E-state index >= 15 is 0 Å². The highest BCUT2D eigenvalue weighted by Gasteiger charge is 2.27. The molecule has 0 unspecified atom stereocenters. The van der Waals surface area contributed by atoms with Crippen molar-refractivity contribution in [2.45, 2.75) is 39.0 Å².